The van der Waals surface area contributed by atoms with E-state index in [2.05, 4.69) is 4.90 Å². The molecule has 1 aromatic carbocycles. The minimum absolute atomic E-state index is 0.114. The molecule has 2 aromatic rings. The number of carbonyl (C=O) groups excluding carboxylic acids is 2. The van der Waals surface area contributed by atoms with Crippen LogP contribution in [0.5, 0.6) is 0 Å². The van der Waals surface area contributed by atoms with Gasteiger partial charge in [-0.15, -0.1) is 0 Å². The Labute approximate surface area is 135 Å². The standard InChI is InChI=1S/C19H19NO3/c21-17-13-8-4-5-9-14(13)18(22)19-15(17)12-16(23-19)20-10-6-2-1-3-7-11-20/h4-5,8-9,12H,1-3,6-7,10-11H2. The van der Waals surface area contributed by atoms with Gasteiger partial charge in [-0.05, 0) is 12.8 Å². The molecule has 23 heavy (non-hydrogen) atoms. The van der Waals surface area contributed by atoms with Crippen LogP contribution in [0.3, 0.4) is 0 Å². The smallest absolute Gasteiger partial charge is 0.229 e. The summed E-state index contributed by atoms with van der Waals surface area (Å²) >= 11 is 0. The van der Waals surface area contributed by atoms with E-state index in [1.165, 1.54) is 19.3 Å². The molecule has 2 aliphatic rings. The van der Waals surface area contributed by atoms with Gasteiger partial charge in [0.1, 0.15) is 0 Å². The van der Waals surface area contributed by atoms with Gasteiger partial charge in [0.05, 0.1) is 5.56 Å². The van der Waals surface area contributed by atoms with Crippen LogP contribution in [0.15, 0.2) is 34.7 Å². The quantitative estimate of drug-likeness (QED) is 0.685. The minimum atomic E-state index is -0.187. The third kappa shape index (κ3) is 2.38. The molecule has 1 fully saturated rings. The summed E-state index contributed by atoms with van der Waals surface area (Å²) in [6.07, 6.45) is 5.97. The highest BCUT2D eigenvalue weighted by molar-refractivity contribution is 6.27. The number of anilines is 1. The highest BCUT2D eigenvalue weighted by Gasteiger charge is 2.34. The van der Waals surface area contributed by atoms with Crippen LogP contribution in [0.4, 0.5) is 5.88 Å². The first-order chi connectivity index (χ1) is 11.3. The fourth-order valence-corrected chi connectivity index (χ4v) is 3.49. The van der Waals surface area contributed by atoms with Crippen LogP contribution in [0.1, 0.15) is 64.1 Å². The summed E-state index contributed by atoms with van der Waals surface area (Å²) in [4.78, 5) is 27.4. The molecule has 0 bridgehead atoms. The summed E-state index contributed by atoms with van der Waals surface area (Å²) < 4.78 is 5.84. The zero-order valence-electron chi connectivity index (χ0n) is 13.0. The lowest BCUT2D eigenvalue weighted by Crippen LogP contribution is -2.26. The summed E-state index contributed by atoms with van der Waals surface area (Å²) in [5.74, 6) is 0.558. The monoisotopic (exact) mass is 309 g/mol. The van der Waals surface area contributed by atoms with Gasteiger partial charge in [-0.2, -0.15) is 0 Å². The van der Waals surface area contributed by atoms with E-state index >= 15 is 0 Å². The number of nitrogens with zero attached hydrogens (tertiary/aromatic N) is 1. The van der Waals surface area contributed by atoms with Crippen LogP contribution in [0.25, 0.3) is 0 Å². The number of fused-ring (bicyclic) bond motifs is 2. The van der Waals surface area contributed by atoms with E-state index in [0.29, 0.717) is 22.6 Å². The van der Waals surface area contributed by atoms with Gasteiger partial charge in [-0.3, -0.25) is 9.59 Å². The Hall–Kier alpha value is -2.36. The van der Waals surface area contributed by atoms with Gasteiger partial charge >= 0.3 is 0 Å². The predicted octanol–water partition coefficient (Wildman–Crippen LogP) is 3.83. The molecule has 0 saturated carbocycles. The molecule has 2 heterocycles. The van der Waals surface area contributed by atoms with Crippen molar-refractivity contribution >= 4 is 17.5 Å². The molecule has 1 aliphatic heterocycles. The molecular weight excluding hydrogens is 290 g/mol. The zero-order chi connectivity index (χ0) is 15.8. The summed E-state index contributed by atoms with van der Waals surface area (Å²) in [6.45, 7) is 1.84. The van der Waals surface area contributed by atoms with Crippen molar-refractivity contribution in [2.45, 2.75) is 32.1 Å². The maximum absolute atomic E-state index is 12.6. The second kappa shape index (κ2) is 5.69. The molecule has 0 atom stereocenters. The van der Waals surface area contributed by atoms with Crippen molar-refractivity contribution in [3.63, 3.8) is 0 Å². The number of hydrogen-bond acceptors (Lipinski definition) is 4. The van der Waals surface area contributed by atoms with Crippen molar-refractivity contribution in [3.05, 3.63) is 52.8 Å². The van der Waals surface area contributed by atoms with Crippen LogP contribution in [-0.4, -0.2) is 24.7 Å². The van der Waals surface area contributed by atoms with Crippen LogP contribution < -0.4 is 4.90 Å². The Morgan fingerprint density at radius 1 is 0.783 bits per heavy atom. The fraction of sp³-hybridized carbons (Fsp3) is 0.368. The molecular formula is C19H19NO3. The first kappa shape index (κ1) is 14.2. The lowest BCUT2D eigenvalue weighted by atomic mass is 9.89. The van der Waals surface area contributed by atoms with Crippen molar-refractivity contribution in [1.82, 2.24) is 0 Å². The molecule has 4 nitrogen and oxygen atoms in total. The van der Waals surface area contributed by atoms with Crippen LogP contribution in [0, 0.1) is 0 Å². The molecule has 0 amide bonds. The molecule has 1 saturated heterocycles. The maximum Gasteiger partial charge on any atom is 0.229 e. The molecule has 0 unspecified atom stereocenters. The number of furan rings is 1. The van der Waals surface area contributed by atoms with Crippen molar-refractivity contribution in [2.75, 3.05) is 18.0 Å². The molecule has 1 aliphatic carbocycles. The summed E-state index contributed by atoms with van der Waals surface area (Å²) in [7, 11) is 0. The second-order valence-electron chi connectivity index (χ2n) is 6.29. The van der Waals surface area contributed by atoms with Gasteiger partial charge in [-0.1, -0.05) is 43.5 Å². The number of benzene rings is 1. The average molecular weight is 309 g/mol. The molecule has 118 valence electrons. The van der Waals surface area contributed by atoms with Crippen molar-refractivity contribution in [3.8, 4) is 0 Å². The predicted molar refractivity (Wildman–Crippen MR) is 87.3 cm³/mol. The fourth-order valence-electron chi connectivity index (χ4n) is 3.49. The largest absolute Gasteiger partial charge is 0.436 e. The van der Waals surface area contributed by atoms with E-state index in [0.717, 1.165) is 25.9 Å². The highest BCUT2D eigenvalue weighted by Crippen LogP contribution is 2.33. The highest BCUT2D eigenvalue weighted by atomic mass is 16.4. The molecule has 4 rings (SSSR count). The lowest BCUT2D eigenvalue weighted by Gasteiger charge is -2.23. The number of hydrogen-bond donors (Lipinski definition) is 0. The van der Waals surface area contributed by atoms with E-state index in [4.69, 9.17) is 4.42 Å². The summed E-state index contributed by atoms with van der Waals surface area (Å²) in [5, 5.41) is 0. The van der Waals surface area contributed by atoms with Crippen LogP contribution >= 0.6 is 0 Å². The summed E-state index contributed by atoms with van der Waals surface area (Å²) in [5.41, 5.74) is 1.33. The third-order valence-electron chi connectivity index (χ3n) is 4.75. The Kier molecular flexibility index (Phi) is 3.52. The molecule has 0 N–H and O–H groups in total. The first-order valence-corrected chi connectivity index (χ1v) is 8.33. The van der Waals surface area contributed by atoms with E-state index in [9.17, 15) is 9.59 Å². The Morgan fingerprint density at radius 3 is 2.09 bits per heavy atom. The van der Waals surface area contributed by atoms with E-state index in [-0.39, 0.29) is 17.3 Å². The second-order valence-corrected chi connectivity index (χ2v) is 6.29. The number of ketones is 2. The molecule has 4 heteroatoms. The Balaban J connectivity index is 1.72. The Bertz CT molecular complexity index is 714. The van der Waals surface area contributed by atoms with Gasteiger partial charge in [0.2, 0.25) is 5.78 Å². The van der Waals surface area contributed by atoms with Crippen molar-refractivity contribution in [1.29, 1.82) is 0 Å². The molecule has 0 spiro atoms. The van der Waals surface area contributed by atoms with Gasteiger partial charge < -0.3 is 9.32 Å². The number of rotatable bonds is 1. The summed E-state index contributed by atoms with van der Waals surface area (Å²) in [6, 6.07) is 8.72. The van der Waals surface area contributed by atoms with Gasteiger partial charge in [-0.25, -0.2) is 0 Å². The van der Waals surface area contributed by atoms with Crippen molar-refractivity contribution in [2.24, 2.45) is 0 Å². The maximum atomic E-state index is 12.6. The van der Waals surface area contributed by atoms with E-state index in [1.54, 1.807) is 30.3 Å². The van der Waals surface area contributed by atoms with Crippen LogP contribution in [0.2, 0.25) is 0 Å². The number of carbonyl (C=O) groups is 2. The lowest BCUT2D eigenvalue weighted by molar-refractivity contribution is 0.0960. The molecule has 0 radical (unpaired) electrons. The van der Waals surface area contributed by atoms with E-state index < -0.39 is 0 Å². The Morgan fingerprint density at radius 2 is 1.39 bits per heavy atom. The van der Waals surface area contributed by atoms with Gasteiger partial charge in [0, 0.05) is 30.3 Å². The van der Waals surface area contributed by atoms with Gasteiger partial charge in [0.15, 0.2) is 17.4 Å². The minimum Gasteiger partial charge on any atom is -0.436 e. The van der Waals surface area contributed by atoms with Gasteiger partial charge in [0.25, 0.3) is 0 Å². The SMILES string of the molecule is O=C1c2ccccc2C(=O)c2oc(N3CCCCCCC3)cc21. The normalized spacial score (nSPS) is 18.2. The van der Waals surface area contributed by atoms with Crippen molar-refractivity contribution < 1.29 is 14.0 Å². The van der Waals surface area contributed by atoms with E-state index in [1.807, 2.05) is 0 Å². The molecule has 1 aromatic heterocycles. The third-order valence-corrected chi connectivity index (χ3v) is 4.75. The van der Waals surface area contributed by atoms with Crippen LogP contribution in [-0.2, 0) is 0 Å². The average Bonchev–Trinajstić information content (AvgIpc) is 2.98. The first-order valence-electron chi connectivity index (χ1n) is 8.33. The zero-order valence-corrected chi connectivity index (χ0v) is 13.0. The topological polar surface area (TPSA) is 50.5 Å².